The standard InChI is InChI=1S/C32H27F4N5O/c1-20(37)3-2-4-22-7-8-26(18-27(22)32(34,35)36)40-31(42)17-24-5-6-25(15-28(24)33)29-19-39-30-16-23(11-14-41(29)30)21-9-12-38-13-10-21/h5-16,18-19,37H,2-4,17H2,1H3,(H,40,42). The van der Waals surface area contributed by atoms with Crippen LogP contribution in [0.5, 0.6) is 0 Å². The summed E-state index contributed by atoms with van der Waals surface area (Å²) in [6, 6.07) is 15.8. The van der Waals surface area contributed by atoms with Crippen molar-refractivity contribution in [1.29, 1.82) is 5.41 Å². The summed E-state index contributed by atoms with van der Waals surface area (Å²) in [6.07, 6.45) is 2.94. The molecule has 0 aliphatic carbocycles. The fourth-order valence-electron chi connectivity index (χ4n) is 4.83. The zero-order valence-corrected chi connectivity index (χ0v) is 22.7. The first-order valence-corrected chi connectivity index (χ1v) is 13.3. The largest absolute Gasteiger partial charge is 0.416 e. The molecule has 2 N–H and O–H groups in total. The number of carbonyl (C=O) groups is 1. The highest BCUT2D eigenvalue weighted by molar-refractivity contribution is 5.92. The van der Waals surface area contributed by atoms with Crippen LogP contribution in [0.25, 0.3) is 28.0 Å². The van der Waals surface area contributed by atoms with Crippen molar-refractivity contribution in [3.05, 3.63) is 108 Å². The van der Waals surface area contributed by atoms with E-state index in [2.05, 4.69) is 15.3 Å². The minimum absolute atomic E-state index is 0.0202. The van der Waals surface area contributed by atoms with E-state index in [1.165, 1.54) is 24.3 Å². The number of halogens is 4. The second-order valence-corrected chi connectivity index (χ2v) is 10.1. The minimum atomic E-state index is -4.60. The van der Waals surface area contributed by atoms with Gasteiger partial charge in [0, 0.05) is 35.6 Å². The van der Waals surface area contributed by atoms with Gasteiger partial charge in [0.05, 0.1) is 23.9 Å². The van der Waals surface area contributed by atoms with E-state index in [9.17, 15) is 18.0 Å². The quantitative estimate of drug-likeness (QED) is 0.140. The number of nitrogens with zero attached hydrogens (tertiary/aromatic N) is 3. The summed E-state index contributed by atoms with van der Waals surface area (Å²) in [7, 11) is 0. The number of hydrogen-bond donors (Lipinski definition) is 2. The highest BCUT2D eigenvalue weighted by Gasteiger charge is 2.33. The molecule has 1 amide bonds. The minimum Gasteiger partial charge on any atom is -0.326 e. The highest BCUT2D eigenvalue weighted by Crippen LogP contribution is 2.35. The molecule has 0 aliphatic rings. The molecule has 3 heterocycles. The SMILES string of the molecule is CC(=N)CCCc1ccc(NC(=O)Cc2ccc(-c3cnc4cc(-c5ccncc5)ccn34)cc2F)cc1C(F)(F)F. The fraction of sp³-hybridized carbons (Fsp3) is 0.188. The number of pyridine rings is 2. The maximum atomic E-state index is 15.1. The van der Waals surface area contributed by atoms with Crippen molar-refractivity contribution in [3.63, 3.8) is 0 Å². The number of imidazole rings is 1. The predicted octanol–water partition coefficient (Wildman–Crippen LogP) is 7.76. The molecule has 3 aromatic heterocycles. The monoisotopic (exact) mass is 573 g/mol. The molecule has 0 unspecified atom stereocenters. The Morgan fingerprint density at radius 3 is 2.43 bits per heavy atom. The molecule has 0 saturated carbocycles. The lowest BCUT2D eigenvalue weighted by Gasteiger charge is -2.15. The van der Waals surface area contributed by atoms with Gasteiger partial charge in [-0.25, -0.2) is 9.37 Å². The lowest BCUT2D eigenvalue weighted by atomic mass is 9.99. The van der Waals surface area contributed by atoms with Crippen LogP contribution in [0.3, 0.4) is 0 Å². The number of hydrogen-bond acceptors (Lipinski definition) is 4. The van der Waals surface area contributed by atoms with Crippen LogP contribution in [0.2, 0.25) is 0 Å². The topological polar surface area (TPSA) is 83.1 Å². The molecule has 0 spiro atoms. The van der Waals surface area contributed by atoms with E-state index in [1.54, 1.807) is 31.6 Å². The van der Waals surface area contributed by atoms with Gasteiger partial charge in [0.15, 0.2) is 0 Å². The first-order valence-electron chi connectivity index (χ1n) is 13.3. The van der Waals surface area contributed by atoms with Crippen LogP contribution in [-0.2, 0) is 23.8 Å². The average molecular weight is 574 g/mol. The van der Waals surface area contributed by atoms with Crippen molar-refractivity contribution in [3.8, 4) is 22.4 Å². The molecule has 0 radical (unpaired) electrons. The third-order valence-electron chi connectivity index (χ3n) is 6.92. The van der Waals surface area contributed by atoms with Gasteiger partial charge >= 0.3 is 6.18 Å². The molecular formula is C32H27F4N5O. The lowest BCUT2D eigenvalue weighted by Crippen LogP contribution is -2.17. The summed E-state index contributed by atoms with van der Waals surface area (Å²) in [5.41, 5.74) is 3.62. The Morgan fingerprint density at radius 1 is 0.952 bits per heavy atom. The van der Waals surface area contributed by atoms with Gasteiger partial charge in [0.1, 0.15) is 11.5 Å². The van der Waals surface area contributed by atoms with Crippen LogP contribution in [0, 0.1) is 11.2 Å². The summed E-state index contributed by atoms with van der Waals surface area (Å²) in [6.45, 7) is 1.61. The van der Waals surface area contributed by atoms with Gasteiger partial charge in [-0.2, -0.15) is 13.2 Å². The molecule has 6 nitrogen and oxygen atoms in total. The summed E-state index contributed by atoms with van der Waals surface area (Å²) in [4.78, 5) is 21.1. The Hall–Kier alpha value is -4.86. The average Bonchev–Trinajstić information content (AvgIpc) is 3.38. The molecule has 5 rings (SSSR count). The van der Waals surface area contributed by atoms with Gasteiger partial charge in [0.2, 0.25) is 5.91 Å². The van der Waals surface area contributed by atoms with Crippen molar-refractivity contribution in [1.82, 2.24) is 14.4 Å². The maximum Gasteiger partial charge on any atom is 0.416 e. The molecule has 10 heteroatoms. The number of amides is 1. The van der Waals surface area contributed by atoms with E-state index >= 15 is 4.39 Å². The molecule has 0 bridgehead atoms. The van der Waals surface area contributed by atoms with E-state index in [-0.39, 0.29) is 29.7 Å². The Balaban J connectivity index is 1.30. The molecule has 0 saturated heterocycles. The fourth-order valence-corrected chi connectivity index (χ4v) is 4.83. The summed E-state index contributed by atoms with van der Waals surface area (Å²) in [5, 5.41) is 9.93. The van der Waals surface area contributed by atoms with Crippen LogP contribution in [0.4, 0.5) is 23.2 Å². The summed E-state index contributed by atoms with van der Waals surface area (Å²) in [5.74, 6) is -1.25. The van der Waals surface area contributed by atoms with Crippen LogP contribution in [0.1, 0.15) is 36.5 Å². The smallest absolute Gasteiger partial charge is 0.326 e. The number of alkyl halides is 3. The number of nitrogens with one attached hydrogen (secondary N) is 2. The zero-order valence-electron chi connectivity index (χ0n) is 22.7. The van der Waals surface area contributed by atoms with Crippen molar-refractivity contribution >= 4 is 23.0 Å². The van der Waals surface area contributed by atoms with Crippen LogP contribution in [-0.4, -0.2) is 26.0 Å². The number of carbonyl (C=O) groups excluding carboxylic acids is 1. The Kier molecular flexibility index (Phi) is 8.15. The van der Waals surface area contributed by atoms with E-state index in [0.717, 1.165) is 17.2 Å². The van der Waals surface area contributed by atoms with Gasteiger partial charge in [0.25, 0.3) is 0 Å². The number of fused-ring (bicyclic) bond motifs is 1. The second kappa shape index (κ2) is 11.9. The molecular weight excluding hydrogens is 546 g/mol. The lowest BCUT2D eigenvalue weighted by molar-refractivity contribution is -0.138. The number of aromatic nitrogens is 3. The van der Waals surface area contributed by atoms with E-state index in [4.69, 9.17) is 5.41 Å². The van der Waals surface area contributed by atoms with E-state index < -0.39 is 23.5 Å². The third kappa shape index (κ3) is 6.54. The second-order valence-electron chi connectivity index (χ2n) is 10.1. The van der Waals surface area contributed by atoms with Gasteiger partial charge in [-0.05, 0) is 90.9 Å². The number of anilines is 1. The molecule has 5 aromatic rings. The van der Waals surface area contributed by atoms with Gasteiger partial charge in [-0.3, -0.25) is 14.2 Å². The Labute approximate surface area is 239 Å². The van der Waals surface area contributed by atoms with Crippen molar-refractivity contribution in [2.45, 2.75) is 38.8 Å². The Bertz CT molecular complexity index is 1760. The summed E-state index contributed by atoms with van der Waals surface area (Å²) < 4.78 is 58.0. The molecule has 0 fully saturated rings. The molecule has 214 valence electrons. The summed E-state index contributed by atoms with van der Waals surface area (Å²) >= 11 is 0. The van der Waals surface area contributed by atoms with Crippen LogP contribution >= 0.6 is 0 Å². The number of benzene rings is 2. The van der Waals surface area contributed by atoms with E-state index in [1.807, 2.05) is 34.9 Å². The van der Waals surface area contributed by atoms with Crippen LogP contribution in [0.15, 0.2) is 85.5 Å². The van der Waals surface area contributed by atoms with Crippen molar-refractivity contribution < 1.29 is 22.4 Å². The van der Waals surface area contributed by atoms with Crippen molar-refractivity contribution in [2.75, 3.05) is 5.32 Å². The van der Waals surface area contributed by atoms with Gasteiger partial charge < -0.3 is 10.7 Å². The van der Waals surface area contributed by atoms with Crippen LogP contribution < -0.4 is 5.32 Å². The zero-order chi connectivity index (χ0) is 29.9. The first-order chi connectivity index (χ1) is 20.1. The highest BCUT2D eigenvalue weighted by atomic mass is 19.4. The van der Waals surface area contributed by atoms with Gasteiger partial charge in [-0.15, -0.1) is 0 Å². The Morgan fingerprint density at radius 2 is 1.71 bits per heavy atom. The molecule has 42 heavy (non-hydrogen) atoms. The number of rotatable bonds is 9. The normalized spacial score (nSPS) is 11.5. The van der Waals surface area contributed by atoms with Crippen molar-refractivity contribution in [2.24, 2.45) is 0 Å². The molecule has 0 aliphatic heterocycles. The molecule has 0 atom stereocenters. The molecule has 2 aromatic carbocycles. The van der Waals surface area contributed by atoms with Gasteiger partial charge in [-0.1, -0.05) is 18.2 Å². The maximum absolute atomic E-state index is 15.1. The predicted molar refractivity (Wildman–Crippen MR) is 154 cm³/mol. The first kappa shape index (κ1) is 28.7. The number of aryl methyl sites for hydroxylation is 1. The third-order valence-corrected chi connectivity index (χ3v) is 6.92. The van der Waals surface area contributed by atoms with E-state index in [0.29, 0.717) is 35.5 Å².